The number of carbonyl (C=O) groups excluding carboxylic acids is 3. The summed E-state index contributed by atoms with van der Waals surface area (Å²) in [6.45, 7) is 5.65. The van der Waals surface area contributed by atoms with Crippen LogP contribution >= 0.6 is 27.5 Å². The molecule has 4 aromatic rings. The second kappa shape index (κ2) is 9.93. The molecular formula is C26H22BrClN4O3. The Morgan fingerprint density at radius 1 is 0.800 bits per heavy atom. The van der Waals surface area contributed by atoms with E-state index < -0.39 is 17.7 Å². The Balaban J connectivity index is 1.64. The number of aryl methyl sites for hydroxylation is 3. The van der Waals surface area contributed by atoms with Gasteiger partial charge in [0.2, 0.25) is 0 Å². The first-order valence-corrected chi connectivity index (χ1v) is 11.9. The van der Waals surface area contributed by atoms with Crippen LogP contribution in [0.25, 0.3) is 10.9 Å². The normalized spacial score (nSPS) is 10.8. The summed E-state index contributed by atoms with van der Waals surface area (Å²) in [4.78, 5) is 38.7. The first kappa shape index (κ1) is 24.5. The van der Waals surface area contributed by atoms with Gasteiger partial charge in [-0.2, -0.15) is 0 Å². The Hall–Kier alpha value is -3.62. The summed E-state index contributed by atoms with van der Waals surface area (Å²) in [5, 5.41) is 6.58. The quantitative estimate of drug-likeness (QED) is 0.273. The summed E-state index contributed by atoms with van der Waals surface area (Å²) >= 11 is 9.54. The second-order valence-electron chi connectivity index (χ2n) is 8.19. The van der Waals surface area contributed by atoms with E-state index in [1.807, 2.05) is 45.0 Å². The number of fused-ring (bicyclic) bond motifs is 1. The molecule has 35 heavy (non-hydrogen) atoms. The number of carbonyl (C=O) groups is 3. The Bertz CT molecular complexity index is 1500. The van der Waals surface area contributed by atoms with E-state index in [0.717, 1.165) is 21.2 Å². The van der Waals surface area contributed by atoms with Crippen LogP contribution in [0.3, 0.4) is 0 Å². The van der Waals surface area contributed by atoms with Crippen LogP contribution in [0.2, 0.25) is 5.02 Å². The fourth-order valence-corrected chi connectivity index (χ4v) is 4.37. The fourth-order valence-electron chi connectivity index (χ4n) is 3.71. The van der Waals surface area contributed by atoms with Gasteiger partial charge in [0.1, 0.15) is 5.69 Å². The zero-order chi connectivity index (χ0) is 25.3. The molecule has 1 aromatic heterocycles. The zero-order valence-electron chi connectivity index (χ0n) is 19.2. The molecule has 7 nitrogen and oxygen atoms in total. The van der Waals surface area contributed by atoms with Crippen LogP contribution in [-0.4, -0.2) is 22.4 Å². The number of anilines is 2. The van der Waals surface area contributed by atoms with Gasteiger partial charge >= 0.3 is 11.8 Å². The number of aromatic nitrogens is 1. The molecule has 9 heteroatoms. The lowest BCUT2D eigenvalue weighted by Crippen LogP contribution is -2.36. The SMILES string of the molecule is Cc1ccc(NC(=O)C(=O)Nn2c(C(=O)Nc3ccc(Br)cc3C)cc3cc(Cl)ccc32)c(C)c1. The van der Waals surface area contributed by atoms with E-state index in [9.17, 15) is 14.4 Å². The van der Waals surface area contributed by atoms with Gasteiger partial charge in [0, 0.05) is 26.3 Å². The van der Waals surface area contributed by atoms with Gasteiger partial charge in [-0.3, -0.25) is 19.8 Å². The van der Waals surface area contributed by atoms with Crippen LogP contribution in [0.1, 0.15) is 27.2 Å². The van der Waals surface area contributed by atoms with Crippen molar-refractivity contribution in [2.24, 2.45) is 0 Å². The van der Waals surface area contributed by atoms with E-state index in [2.05, 4.69) is 32.0 Å². The Kier molecular flexibility index (Phi) is 6.95. The highest BCUT2D eigenvalue weighted by molar-refractivity contribution is 9.10. The van der Waals surface area contributed by atoms with E-state index in [1.165, 1.54) is 4.68 Å². The summed E-state index contributed by atoms with van der Waals surface area (Å²) in [7, 11) is 0. The fraction of sp³-hybridized carbons (Fsp3) is 0.115. The van der Waals surface area contributed by atoms with Crippen molar-refractivity contribution >= 4 is 67.5 Å². The Morgan fingerprint density at radius 2 is 1.49 bits per heavy atom. The first-order chi connectivity index (χ1) is 16.6. The molecule has 4 rings (SSSR count). The maximum Gasteiger partial charge on any atom is 0.328 e. The van der Waals surface area contributed by atoms with E-state index >= 15 is 0 Å². The molecule has 3 aromatic carbocycles. The molecule has 178 valence electrons. The van der Waals surface area contributed by atoms with Crippen LogP contribution < -0.4 is 16.1 Å². The molecule has 0 unspecified atom stereocenters. The Morgan fingerprint density at radius 3 is 2.20 bits per heavy atom. The largest absolute Gasteiger partial charge is 0.328 e. The van der Waals surface area contributed by atoms with Gasteiger partial charge in [-0.25, -0.2) is 4.68 Å². The maximum atomic E-state index is 13.2. The summed E-state index contributed by atoms with van der Waals surface area (Å²) in [6.07, 6.45) is 0. The highest BCUT2D eigenvalue weighted by Crippen LogP contribution is 2.25. The van der Waals surface area contributed by atoms with Crippen molar-refractivity contribution in [2.75, 3.05) is 16.1 Å². The van der Waals surface area contributed by atoms with Crippen molar-refractivity contribution in [3.8, 4) is 0 Å². The molecule has 0 bridgehead atoms. The van der Waals surface area contributed by atoms with Gasteiger partial charge in [-0.1, -0.05) is 45.2 Å². The summed E-state index contributed by atoms with van der Waals surface area (Å²) in [6, 6.07) is 17.6. The first-order valence-electron chi connectivity index (χ1n) is 10.7. The van der Waals surface area contributed by atoms with Crippen LogP contribution in [-0.2, 0) is 9.59 Å². The number of hydrogen-bond donors (Lipinski definition) is 3. The zero-order valence-corrected chi connectivity index (χ0v) is 21.5. The number of benzene rings is 3. The van der Waals surface area contributed by atoms with Crippen molar-refractivity contribution in [1.29, 1.82) is 0 Å². The molecule has 0 aliphatic heterocycles. The van der Waals surface area contributed by atoms with Gasteiger partial charge in [0.05, 0.1) is 5.52 Å². The number of nitrogens with zero attached hydrogens (tertiary/aromatic N) is 1. The lowest BCUT2D eigenvalue weighted by atomic mass is 10.1. The van der Waals surface area contributed by atoms with E-state index in [-0.39, 0.29) is 5.69 Å². The van der Waals surface area contributed by atoms with Crippen molar-refractivity contribution in [3.05, 3.63) is 92.5 Å². The predicted molar refractivity (Wildman–Crippen MR) is 143 cm³/mol. The topological polar surface area (TPSA) is 92.2 Å². The third-order valence-corrected chi connectivity index (χ3v) is 6.21. The molecule has 3 N–H and O–H groups in total. The summed E-state index contributed by atoms with van der Waals surface area (Å²) in [5.41, 5.74) is 7.08. The minimum Gasteiger partial charge on any atom is -0.320 e. The molecular weight excluding hydrogens is 532 g/mol. The van der Waals surface area contributed by atoms with Gasteiger partial charge < -0.3 is 10.6 Å². The lowest BCUT2D eigenvalue weighted by molar-refractivity contribution is -0.133. The van der Waals surface area contributed by atoms with Gasteiger partial charge in [0.25, 0.3) is 5.91 Å². The second-order valence-corrected chi connectivity index (χ2v) is 9.55. The average molecular weight is 554 g/mol. The number of rotatable bonds is 4. The third-order valence-electron chi connectivity index (χ3n) is 5.48. The van der Waals surface area contributed by atoms with E-state index in [4.69, 9.17) is 11.6 Å². The molecule has 0 atom stereocenters. The molecule has 0 saturated carbocycles. The molecule has 1 heterocycles. The average Bonchev–Trinajstić information content (AvgIpc) is 3.14. The maximum absolute atomic E-state index is 13.2. The third kappa shape index (κ3) is 5.39. The molecule has 0 radical (unpaired) electrons. The van der Waals surface area contributed by atoms with Crippen LogP contribution in [0.4, 0.5) is 11.4 Å². The van der Waals surface area contributed by atoms with Crippen molar-refractivity contribution in [1.82, 2.24) is 4.68 Å². The van der Waals surface area contributed by atoms with Gasteiger partial charge in [0.15, 0.2) is 0 Å². The van der Waals surface area contributed by atoms with E-state index in [1.54, 1.807) is 36.4 Å². The summed E-state index contributed by atoms with van der Waals surface area (Å²) < 4.78 is 2.18. The minimum absolute atomic E-state index is 0.136. The smallest absolute Gasteiger partial charge is 0.320 e. The molecule has 0 spiro atoms. The van der Waals surface area contributed by atoms with Gasteiger partial charge in [-0.15, -0.1) is 0 Å². The van der Waals surface area contributed by atoms with Crippen LogP contribution in [0, 0.1) is 20.8 Å². The lowest BCUT2D eigenvalue weighted by Gasteiger charge is -2.14. The van der Waals surface area contributed by atoms with Crippen molar-refractivity contribution in [3.63, 3.8) is 0 Å². The number of halogens is 2. The van der Waals surface area contributed by atoms with Gasteiger partial charge in [-0.05, 0) is 80.4 Å². The van der Waals surface area contributed by atoms with Crippen molar-refractivity contribution in [2.45, 2.75) is 20.8 Å². The predicted octanol–water partition coefficient (Wildman–Crippen LogP) is 5.94. The number of amides is 3. The highest BCUT2D eigenvalue weighted by Gasteiger charge is 2.22. The standard InChI is InChI=1S/C26H22BrClN4O3/c1-14-4-7-20(15(2)10-14)30-25(34)26(35)31-32-22-9-6-19(28)12-17(22)13-23(32)24(33)29-21-8-5-18(27)11-16(21)3/h4-13H,1-3H3,(H,29,33)(H,30,34)(H,31,35). The minimum atomic E-state index is -0.925. The van der Waals surface area contributed by atoms with Crippen LogP contribution in [0.15, 0.2) is 65.1 Å². The molecule has 3 amide bonds. The monoisotopic (exact) mass is 552 g/mol. The molecule has 0 fully saturated rings. The number of hydrogen-bond acceptors (Lipinski definition) is 3. The number of nitrogens with one attached hydrogen (secondary N) is 3. The van der Waals surface area contributed by atoms with Crippen LogP contribution in [0.5, 0.6) is 0 Å². The molecule has 0 aliphatic rings. The summed E-state index contributed by atoms with van der Waals surface area (Å²) in [5.74, 6) is -2.24. The highest BCUT2D eigenvalue weighted by atomic mass is 79.9. The molecule has 0 saturated heterocycles. The molecule has 0 aliphatic carbocycles. The van der Waals surface area contributed by atoms with E-state index in [0.29, 0.717) is 27.3 Å². The Labute approximate surface area is 215 Å². The van der Waals surface area contributed by atoms with Crippen molar-refractivity contribution < 1.29 is 14.4 Å².